The summed E-state index contributed by atoms with van der Waals surface area (Å²) in [6.07, 6.45) is 0. The lowest BCUT2D eigenvalue weighted by Crippen LogP contribution is -2.24. The molecule has 1 aromatic carbocycles. The molecule has 0 aliphatic carbocycles. The number of carbonyl (C=O) groups excluding carboxylic acids is 2. The molecular formula is C12H9ClN6O2. The van der Waals surface area contributed by atoms with Crippen molar-refractivity contribution < 1.29 is 9.59 Å². The first-order chi connectivity index (χ1) is 9.95. The second kappa shape index (κ2) is 4.67. The molecule has 0 saturated heterocycles. The van der Waals surface area contributed by atoms with E-state index in [9.17, 15) is 9.59 Å². The van der Waals surface area contributed by atoms with E-state index in [2.05, 4.69) is 20.3 Å². The maximum Gasteiger partial charge on any atom is 0.261 e. The van der Waals surface area contributed by atoms with E-state index in [4.69, 9.17) is 17.3 Å². The number of amides is 2. The summed E-state index contributed by atoms with van der Waals surface area (Å²) < 4.78 is 0. The monoisotopic (exact) mass is 304 g/mol. The molecule has 0 spiro atoms. The molecule has 0 bridgehead atoms. The Kier molecular flexibility index (Phi) is 2.95. The molecule has 0 radical (unpaired) electrons. The van der Waals surface area contributed by atoms with Gasteiger partial charge >= 0.3 is 0 Å². The molecule has 9 heteroatoms. The zero-order chi connectivity index (χ0) is 15.1. The van der Waals surface area contributed by atoms with Crippen molar-refractivity contribution in [3.8, 4) is 0 Å². The predicted octanol–water partition coefficient (Wildman–Crippen LogP) is 1.08. The Hall–Kier alpha value is -2.74. The van der Waals surface area contributed by atoms with Gasteiger partial charge in [0.15, 0.2) is 0 Å². The van der Waals surface area contributed by atoms with Gasteiger partial charge in [-0.05, 0) is 29.8 Å². The Morgan fingerprint density at radius 2 is 1.86 bits per heavy atom. The third-order valence-corrected chi connectivity index (χ3v) is 3.14. The summed E-state index contributed by atoms with van der Waals surface area (Å²) >= 11 is 5.68. The van der Waals surface area contributed by atoms with Crippen molar-refractivity contribution in [3.05, 3.63) is 34.6 Å². The number of fused-ring (bicyclic) bond motifs is 1. The number of carbonyl (C=O) groups is 2. The molecule has 3 rings (SSSR count). The summed E-state index contributed by atoms with van der Waals surface area (Å²) in [6.45, 7) is 0. The van der Waals surface area contributed by atoms with E-state index in [0.29, 0.717) is 16.8 Å². The fraction of sp³-hybridized carbons (Fsp3) is 0.0833. The fourth-order valence-electron chi connectivity index (χ4n) is 1.99. The molecule has 2 aromatic rings. The Morgan fingerprint density at radius 1 is 1.14 bits per heavy atom. The molecule has 2 amide bonds. The summed E-state index contributed by atoms with van der Waals surface area (Å²) in [5.74, 6) is -0.553. The lowest BCUT2D eigenvalue weighted by Gasteiger charge is -2.06. The highest BCUT2D eigenvalue weighted by molar-refractivity contribution is 6.28. The van der Waals surface area contributed by atoms with Crippen LogP contribution in [0.3, 0.4) is 0 Å². The number of imide groups is 1. The van der Waals surface area contributed by atoms with Crippen LogP contribution >= 0.6 is 11.6 Å². The van der Waals surface area contributed by atoms with Crippen molar-refractivity contribution >= 4 is 41.0 Å². The number of anilines is 3. The summed E-state index contributed by atoms with van der Waals surface area (Å²) in [4.78, 5) is 36.1. The highest BCUT2D eigenvalue weighted by Gasteiger charge is 2.32. The van der Waals surface area contributed by atoms with E-state index in [-0.39, 0.29) is 29.0 Å². The van der Waals surface area contributed by atoms with Gasteiger partial charge in [-0.25, -0.2) is 0 Å². The number of aromatic nitrogens is 3. The third kappa shape index (κ3) is 2.25. The molecule has 21 heavy (non-hydrogen) atoms. The molecule has 106 valence electrons. The van der Waals surface area contributed by atoms with Crippen LogP contribution in [-0.4, -0.2) is 38.7 Å². The summed E-state index contributed by atoms with van der Waals surface area (Å²) in [6, 6.07) is 4.75. The van der Waals surface area contributed by atoms with Gasteiger partial charge in [-0.15, -0.1) is 0 Å². The van der Waals surface area contributed by atoms with Gasteiger partial charge in [0.2, 0.25) is 17.2 Å². The molecule has 0 saturated carbocycles. The van der Waals surface area contributed by atoms with Crippen LogP contribution in [0.25, 0.3) is 0 Å². The zero-order valence-corrected chi connectivity index (χ0v) is 11.5. The van der Waals surface area contributed by atoms with E-state index in [1.165, 1.54) is 7.05 Å². The standard InChI is InChI=1S/C12H9ClN6O2/c1-19-8(20)6-3-2-5(4-7(6)9(19)21)15-12-17-10(13)16-11(14)18-12/h2-4H,1H3,(H3,14,15,16,17,18). The van der Waals surface area contributed by atoms with Crippen LogP contribution in [-0.2, 0) is 0 Å². The minimum atomic E-state index is -0.355. The van der Waals surface area contributed by atoms with Crippen LogP contribution in [0.15, 0.2) is 18.2 Å². The fourth-order valence-corrected chi connectivity index (χ4v) is 2.16. The molecule has 8 nitrogen and oxygen atoms in total. The van der Waals surface area contributed by atoms with Gasteiger partial charge in [0.05, 0.1) is 11.1 Å². The number of benzene rings is 1. The molecule has 1 aromatic heterocycles. The first-order valence-electron chi connectivity index (χ1n) is 5.86. The van der Waals surface area contributed by atoms with Crippen LogP contribution in [0.4, 0.5) is 17.6 Å². The number of nitrogens with zero attached hydrogens (tertiary/aromatic N) is 4. The van der Waals surface area contributed by atoms with Crippen molar-refractivity contribution in [2.75, 3.05) is 18.1 Å². The zero-order valence-electron chi connectivity index (χ0n) is 10.8. The maximum absolute atomic E-state index is 11.9. The van der Waals surface area contributed by atoms with Gasteiger partial charge in [-0.1, -0.05) is 0 Å². The summed E-state index contributed by atoms with van der Waals surface area (Å²) in [5, 5.41) is 2.81. The normalized spacial score (nSPS) is 13.5. The first kappa shape index (κ1) is 13.3. The van der Waals surface area contributed by atoms with Crippen LogP contribution in [0.1, 0.15) is 20.7 Å². The van der Waals surface area contributed by atoms with E-state index < -0.39 is 0 Å². The highest BCUT2D eigenvalue weighted by Crippen LogP contribution is 2.26. The smallest absolute Gasteiger partial charge is 0.261 e. The minimum Gasteiger partial charge on any atom is -0.368 e. The first-order valence-corrected chi connectivity index (χ1v) is 6.24. The minimum absolute atomic E-state index is 0.0235. The lowest BCUT2D eigenvalue weighted by molar-refractivity contribution is 0.0693. The van der Waals surface area contributed by atoms with E-state index in [1.54, 1.807) is 18.2 Å². The molecular weight excluding hydrogens is 296 g/mol. The Bertz CT molecular complexity index is 758. The van der Waals surface area contributed by atoms with Crippen LogP contribution in [0.5, 0.6) is 0 Å². The summed E-state index contributed by atoms with van der Waals surface area (Å²) in [7, 11) is 1.43. The molecule has 1 aliphatic rings. The van der Waals surface area contributed by atoms with Crippen molar-refractivity contribution in [2.45, 2.75) is 0 Å². The number of hydrogen-bond acceptors (Lipinski definition) is 7. The van der Waals surface area contributed by atoms with Gasteiger partial charge in [0.25, 0.3) is 11.8 Å². The van der Waals surface area contributed by atoms with Crippen molar-refractivity contribution in [1.82, 2.24) is 19.9 Å². The van der Waals surface area contributed by atoms with Crippen molar-refractivity contribution in [2.24, 2.45) is 0 Å². The molecule has 2 heterocycles. The number of nitrogens with two attached hydrogens (primary N) is 1. The van der Waals surface area contributed by atoms with Crippen LogP contribution in [0.2, 0.25) is 5.28 Å². The van der Waals surface area contributed by atoms with Crippen molar-refractivity contribution in [3.63, 3.8) is 0 Å². The van der Waals surface area contributed by atoms with Crippen LogP contribution < -0.4 is 11.1 Å². The maximum atomic E-state index is 11.9. The van der Waals surface area contributed by atoms with E-state index in [0.717, 1.165) is 4.90 Å². The number of hydrogen-bond donors (Lipinski definition) is 2. The number of nitrogens with one attached hydrogen (secondary N) is 1. The van der Waals surface area contributed by atoms with Gasteiger partial charge in [-0.2, -0.15) is 15.0 Å². The Balaban J connectivity index is 1.95. The van der Waals surface area contributed by atoms with E-state index >= 15 is 0 Å². The van der Waals surface area contributed by atoms with E-state index in [1.807, 2.05) is 0 Å². The quantitative estimate of drug-likeness (QED) is 0.798. The number of rotatable bonds is 2. The largest absolute Gasteiger partial charge is 0.368 e. The molecule has 1 aliphatic heterocycles. The van der Waals surface area contributed by atoms with Gasteiger partial charge in [0.1, 0.15) is 0 Å². The van der Waals surface area contributed by atoms with Gasteiger partial charge in [0, 0.05) is 12.7 Å². The topological polar surface area (TPSA) is 114 Å². The van der Waals surface area contributed by atoms with Gasteiger partial charge < -0.3 is 11.1 Å². The predicted molar refractivity (Wildman–Crippen MR) is 75.4 cm³/mol. The number of nitrogen functional groups attached to an aromatic ring is 1. The second-order valence-electron chi connectivity index (χ2n) is 4.34. The molecule has 3 N–H and O–H groups in total. The Labute approximate surface area is 124 Å². The van der Waals surface area contributed by atoms with Crippen molar-refractivity contribution in [1.29, 1.82) is 0 Å². The highest BCUT2D eigenvalue weighted by atomic mass is 35.5. The van der Waals surface area contributed by atoms with Gasteiger partial charge in [-0.3, -0.25) is 14.5 Å². The average Bonchev–Trinajstić information content (AvgIpc) is 2.63. The average molecular weight is 305 g/mol. The lowest BCUT2D eigenvalue weighted by atomic mass is 10.1. The summed E-state index contributed by atoms with van der Waals surface area (Å²) in [5.41, 5.74) is 6.69. The third-order valence-electron chi connectivity index (χ3n) is 2.97. The van der Waals surface area contributed by atoms with Crippen LogP contribution in [0, 0.1) is 0 Å². The molecule has 0 fully saturated rings. The molecule has 0 atom stereocenters. The second-order valence-corrected chi connectivity index (χ2v) is 4.68. The Morgan fingerprint density at radius 3 is 2.57 bits per heavy atom. The SMILES string of the molecule is CN1C(=O)c2ccc(Nc3nc(N)nc(Cl)n3)cc2C1=O. The molecule has 0 unspecified atom stereocenters. The number of halogens is 1.